The summed E-state index contributed by atoms with van der Waals surface area (Å²) in [6.45, 7) is 3.73. The van der Waals surface area contributed by atoms with E-state index >= 15 is 0 Å². The number of aromatic nitrogens is 4. The van der Waals surface area contributed by atoms with Gasteiger partial charge in [0.05, 0.1) is 5.69 Å². The molecule has 0 bridgehead atoms. The maximum Gasteiger partial charge on any atom is 0.270 e. The lowest BCUT2D eigenvalue weighted by Crippen LogP contribution is -2.49. The number of hydrogen-bond acceptors (Lipinski definition) is 6. The molecule has 0 radical (unpaired) electrons. The van der Waals surface area contributed by atoms with Crippen LogP contribution in [0.1, 0.15) is 54.0 Å². The number of aryl methyl sites for hydroxylation is 3. The van der Waals surface area contributed by atoms with Gasteiger partial charge >= 0.3 is 0 Å². The summed E-state index contributed by atoms with van der Waals surface area (Å²) in [6.07, 6.45) is 8.33. The number of nitrogens with one attached hydrogen (secondary N) is 2. The highest BCUT2D eigenvalue weighted by Crippen LogP contribution is 2.29. The van der Waals surface area contributed by atoms with Gasteiger partial charge < -0.3 is 15.2 Å². The zero-order chi connectivity index (χ0) is 22.7. The molecule has 9 nitrogen and oxygen atoms in total. The molecule has 1 saturated carbocycles. The second-order valence-corrected chi connectivity index (χ2v) is 8.31. The van der Waals surface area contributed by atoms with Gasteiger partial charge in [-0.25, -0.2) is 4.98 Å². The summed E-state index contributed by atoms with van der Waals surface area (Å²) >= 11 is 0. The third-order valence-corrected chi connectivity index (χ3v) is 6.08. The van der Waals surface area contributed by atoms with E-state index in [1.807, 2.05) is 19.9 Å². The van der Waals surface area contributed by atoms with Crippen molar-refractivity contribution in [3.05, 3.63) is 47.7 Å². The van der Waals surface area contributed by atoms with Crippen molar-refractivity contribution < 1.29 is 14.1 Å². The summed E-state index contributed by atoms with van der Waals surface area (Å²) in [5, 5.41) is 13.8. The van der Waals surface area contributed by atoms with Gasteiger partial charge in [-0.3, -0.25) is 14.3 Å². The fraction of sp³-hybridized carbons (Fsp3) is 0.435. The van der Waals surface area contributed by atoms with E-state index in [0.717, 1.165) is 54.7 Å². The van der Waals surface area contributed by atoms with Crippen LogP contribution >= 0.6 is 0 Å². The molecule has 3 aromatic heterocycles. The number of nitrogens with zero attached hydrogens (tertiary/aromatic N) is 4. The molecule has 1 aliphatic carbocycles. The molecule has 1 fully saturated rings. The molecule has 1 atom stereocenters. The maximum atomic E-state index is 13.2. The highest BCUT2D eigenvalue weighted by Gasteiger charge is 2.32. The van der Waals surface area contributed by atoms with Crippen molar-refractivity contribution in [3.8, 4) is 11.1 Å². The summed E-state index contributed by atoms with van der Waals surface area (Å²) in [7, 11) is 1.70. The van der Waals surface area contributed by atoms with Crippen molar-refractivity contribution in [2.45, 2.75) is 52.0 Å². The predicted octanol–water partition coefficient (Wildman–Crippen LogP) is 3.40. The van der Waals surface area contributed by atoms with E-state index in [1.54, 1.807) is 31.6 Å². The van der Waals surface area contributed by atoms with Gasteiger partial charge in [0.2, 0.25) is 5.91 Å². The first-order valence-electron chi connectivity index (χ1n) is 10.9. The fourth-order valence-corrected chi connectivity index (χ4v) is 4.39. The van der Waals surface area contributed by atoms with Crippen molar-refractivity contribution in [2.24, 2.45) is 13.0 Å². The summed E-state index contributed by atoms with van der Waals surface area (Å²) in [6, 6.07) is 4.63. The van der Waals surface area contributed by atoms with Crippen LogP contribution in [0.5, 0.6) is 0 Å². The molecular formula is C23H28N6O3. The molecule has 4 rings (SSSR count). The Balaban J connectivity index is 1.50. The molecule has 2 amide bonds. The van der Waals surface area contributed by atoms with Gasteiger partial charge in [-0.1, -0.05) is 24.4 Å². The molecule has 9 heteroatoms. The second kappa shape index (κ2) is 9.33. The van der Waals surface area contributed by atoms with Crippen molar-refractivity contribution in [1.82, 2.24) is 25.2 Å². The summed E-state index contributed by atoms with van der Waals surface area (Å²) < 4.78 is 6.73. The van der Waals surface area contributed by atoms with Gasteiger partial charge in [-0.05, 0) is 50.8 Å². The Morgan fingerprint density at radius 2 is 1.94 bits per heavy atom. The van der Waals surface area contributed by atoms with Crippen LogP contribution in [0.2, 0.25) is 0 Å². The third kappa shape index (κ3) is 4.56. The van der Waals surface area contributed by atoms with Gasteiger partial charge in [0.25, 0.3) is 5.91 Å². The summed E-state index contributed by atoms with van der Waals surface area (Å²) in [4.78, 5) is 30.4. The average Bonchev–Trinajstić information content (AvgIpc) is 3.37. The van der Waals surface area contributed by atoms with Crippen molar-refractivity contribution in [2.75, 3.05) is 5.32 Å². The standard InChI is InChI=1S/C23H28N6O3/c1-14-20(15(2)32-28-14)17-9-10-19(24-13-17)26-23(31)21(16-7-5-4-6-8-16)27-22(30)18-11-12-25-29(18)3/h9-13,16,21H,4-8H2,1-3H3,(H,27,30)(H,24,26,31). The normalized spacial score (nSPS) is 15.3. The van der Waals surface area contributed by atoms with E-state index in [9.17, 15) is 9.59 Å². The first-order chi connectivity index (χ1) is 15.4. The average molecular weight is 437 g/mol. The Morgan fingerprint density at radius 1 is 1.16 bits per heavy atom. The molecule has 0 aliphatic heterocycles. The number of carbonyl (C=O) groups excluding carboxylic acids is 2. The van der Waals surface area contributed by atoms with Crippen LogP contribution in [-0.2, 0) is 11.8 Å². The minimum atomic E-state index is -0.637. The molecule has 3 heterocycles. The quantitative estimate of drug-likeness (QED) is 0.612. The SMILES string of the molecule is Cc1noc(C)c1-c1ccc(NC(=O)C(NC(=O)c2ccnn2C)C2CCCCC2)nc1. The molecule has 1 aliphatic rings. The van der Waals surface area contributed by atoms with E-state index in [-0.39, 0.29) is 17.7 Å². The largest absolute Gasteiger partial charge is 0.361 e. The molecule has 3 aromatic rings. The van der Waals surface area contributed by atoms with E-state index in [2.05, 4.69) is 25.9 Å². The minimum Gasteiger partial charge on any atom is -0.361 e. The second-order valence-electron chi connectivity index (χ2n) is 8.31. The van der Waals surface area contributed by atoms with Gasteiger partial charge in [-0.2, -0.15) is 5.10 Å². The smallest absolute Gasteiger partial charge is 0.270 e. The van der Waals surface area contributed by atoms with Gasteiger partial charge in [0.1, 0.15) is 23.3 Å². The van der Waals surface area contributed by atoms with Crippen LogP contribution in [-0.4, -0.2) is 37.8 Å². The lowest BCUT2D eigenvalue weighted by atomic mass is 9.83. The number of carbonyl (C=O) groups is 2. The highest BCUT2D eigenvalue weighted by atomic mass is 16.5. The molecule has 2 N–H and O–H groups in total. The van der Waals surface area contributed by atoms with Crippen LogP contribution in [0.15, 0.2) is 35.1 Å². The Hall–Kier alpha value is -3.49. The Labute approximate surface area is 186 Å². The zero-order valence-corrected chi connectivity index (χ0v) is 18.6. The monoisotopic (exact) mass is 436 g/mol. The summed E-state index contributed by atoms with van der Waals surface area (Å²) in [5.41, 5.74) is 2.98. The van der Waals surface area contributed by atoms with E-state index in [4.69, 9.17) is 4.52 Å². The van der Waals surface area contributed by atoms with Crippen LogP contribution in [0.25, 0.3) is 11.1 Å². The van der Waals surface area contributed by atoms with Crippen LogP contribution in [0.3, 0.4) is 0 Å². The third-order valence-electron chi connectivity index (χ3n) is 6.08. The van der Waals surface area contributed by atoms with E-state index in [0.29, 0.717) is 11.5 Å². The predicted molar refractivity (Wildman–Crippen MR) is 119 cm³/mol. The van der Waals surface area contributed by atoms with Crippen molar-refractivity contribution in [3.63, 3.8) is 0 Å². The van der Waals surface area contributed by atoms with Crippen LogP contribution in [0.4, 0.5) is 5.82 Å². The van der Waals surface area contributed by atoms with Crippen molar-refractivity contribution in [1.29, 1.82) is 0 Å². The molecule has 168 valence electrons. The fourth-order valence-electron chi connectivity index (χ4n) is 4.39. The molecule has 0 aromatic carbocycles. The molecule has 0 saturated heterocycles. The van der Waals surface area contributed by atoms with Gasteiger partial charge in [0, 0.05) is 30.6 Å². The maximum absolute atomic E-state index is 13.2. The molecule has 32 heavy (non-hydrogen) atoms. The number of anilines is 1. The number of pyridine rings is 1. The zero-order valence-electron chi connectivity index (χ0n) is 18.6. The Kier molecular flexibility index (Phi) is 6.34. The lowest BCUT2D eigenvalue weighted by molar-refractivity contribution is -0.119. The topological polar surface area (TPSA) is 115 Å². The number of hydrogen-bond donors (Lipinski definition) is 2. The lowest BCUT2D eigenvalue weighted by Gasteiger charge is -2.30. The number of rotatable bonds is 6. The first kappa shape index (κ1) is 21.7. The summed E-state index contributed by atoms with van der Waals surface area (Å²) in [5.74, 6) is 0.669. The van der Waals surface area contributed by atoms with Gasteiger partial charge in [0.15, 0.2) is 0 Å². The van der Waals surface area contributed by atoms with Gasteiger partial charge in [-0.15, -0.1) is 0 Å². The first-order valence-corrected chi connectivity index (χ1v) is 10.9. The van der Waals surface area contributed by atoms with E-state index in [1.165, 1.54) is 4.68 Å². The highest BCUT2D eigenvalue weighted by molar-refractivity contribution is 6.00. The Bertz CT molecular complexity index is 1080. The molecule has 1 unspecified atom stereocenters. The van der Waals surface area contributed by atoms with Crippen LogP contribution in [0, 0.1) is 19.8 Å². The van der Waals surface area contributed by atoms with E-state index < -0.39 is 6.04 Å². The number of amides is 2. The molecule has 0 spiro atoms. The van der Waals surface area contributed by atoms with Crippen LogP contribution < -0.4 is 10.6 Å². The van der Waals surface area contributed by atoms with Crippen molar-refractivity contribution >= 4 is 17.6 Å². The Morgan fingerprint density at radius 3 is 2.53 bits per heavy atom. The minimum absolute atomic E-state index is 0.0857. The molecular weight excluding hydrogens is 408 g/mol.